The van der Waals surface area contributed by atoms with Crippen molar-refractivity contribution in [2.45, 2.75) is 19.3 Å². The highest BCUT2D eigenvalue weighted by molar-refractivity contribution is 5.65. The average molecular weight is 339 g/mol. The second-order valence-corrected chi connectivity index (χ2v) is 5.30. The molecule has 0 radical (unpaired) electrons. The van der Waals surface area contributed by atoms with Crippen molar-refractivity contribution < 1.29 is 14.3 Å². The van der Waals surface area contributed by atoms with Gasteiger partial charge in [-0.15, -0.1) is 5.10 Å². The van der Waals surface area contributed by atoms with E-state index in [0.717, 1.165) is 11.1 Å². The molecule has 8 nitrogen and oxygen atoms in total. The number of primary amides is 1. The number of carbonyl (C=O) groups excluding carboxylic acids is 1. The van der Waals surface area contributed by atoms with Crippen LogP contribution >= 0.6 is 0 Å². The van der Waals surface area contributed by atoms with Crippen LogP contribution in [0.1, 0.15) is 17.2 Å². The number of rotatable bonds is 7. The molecule has 25 heavy (non-hydrogen) atoms. The zero-order chi connectivity index (χ0) is 17.5. The number of nitrogens with two attached hydrogens (primary N) is 1. The van der Waals surface area contributed by atoms with Crippen LogP contribution in [0.15, 0.2) is 60.9 Å². The third-order valence-corrected chi connectivity index (χ3v) is 3.50. The number of amides is 1. The topological polar surface area (TPSA) is 105 Å². The maximum Gasteiger partial charge on any atom is 0.405 e. The summed E-state index contributed by atoms with van der Waals surface area (Å²) in [6, 6.07) is 17.1. The van der Waals surface area contributed by atoms with Crippen molar-refractivity contribution in [2.75, 3.05) is 0 Å². The molecule has 0 bridgehead atoms. The molecule has 8 heteroatoms. The van der Waals surface area contributed by atoms with Crippen molar-refractivity contribution in [3.05, 3.63) is 72.1 Å². The largest absolute Gasteiger partial charge is 0.489 e. The highest BCUT2D eigenvalue weighted by Gasteiger charge is 2.17. The standard InChI is InChI=1S/C17H17N5O3/c18-17(23)25-16(10-22-12-19-20-21-22)14-6-8-15(9-7-14)24-11-13-4-2-1-3-5-13/h1-9,12,16H,10-11H2,(H2,18,23). The van der Waals surface area contributed by atoms with E-state index in [0.29, 0.717) is 12.4 Å². The van der Waals surface area contributed by atoms with Gasteiger partial charge < -0.3 is 15.2 Å². The molecule has 0 saturated carbocycles. The molecule has 0 aliphatic rings. The van der Waals surface area contributed by atoms with Gasteiger partial charge in [0.15, 0.2) is 0 Å². The molecule has 0 saturated heterocycles. The molecule has 1 atom stereocenters. The molecule has 2 aromatic carbocycles. The van der Waals surface area contributed by atoms with Gasteiger partial charge in [0, 0.05) is 0 Å². The maximum absolute atomic E-state index is 11.2. The fourth-order valence-corrected chi connectivity index (χ4v) is 2.30. The summed E-state index contributed by atoms with van der Waals surface area (Å²) in [5.41, 5.74) is 7.00. The van der Waals surface area contributed by atoms with E-state index in [9.17, 15) is 4.79 Å². The van der Waals surface area contributed by atoms with Crippen LogP contribution in [0.25, 0.3) is 0 Å². The van der Waals surface area contributed by atoms with Crippen LogP contribution in [0.2, 0.25) is 0 Å². The molecule has 2 N–H and O–H groups in total. The van der Waals surface area contributed by atoms with Crippen LogP contribution in [0.4, 0.5) is 4.79 Å². The minimum absolute atomic E-state index is 0.264. The molecule has 3 aromatic rings. The summed E-state index contributed by atoms with van der Waals surface area (Å²) in [4.78, 5) is 11.2. The SMILES string of the molecule is NC(=O)OC(Cn1cnnn1)c1ccc(OCc2ccccc2)cc1. The Labute approximate surface area is 144 Å². The number of carbonyl (C=O) groups is 1. The Balaban J connectivity index is 1.66. The highest BCUT2D eigenvalue weighted by Crippen LogP contribution is 2.22. The molecular weight excluding hydrogens is 322 g/mol. The van der Waals surface area contributed by atoms with Crippen molar-refractivity contribution in [3.8, 4) is 5.75 Å². The van der Waals surface area contributed by atoms with E-state index in [4.69, 9.17) is 15.2 Å². The second kappa shape index (κ2) is 7.91. The van der Waals surface area contributed by atoms with Gasteiger partial charge in [0.05, 0.1) is 6.54 Å². The van der Waals surface area contributed by atoms with Gasteiger partial charge in [0.25, 0.3) is 0 Å². The van der Waals surface area contributed by atoms with Gasteiger partial charge in [0.1, 0.15) is 24.8 Å². The summed E-state index contributed by atoms with van der Waals surface area (Å²) in [6.45, 7) is 0.742. The number of ether oxygens (including phenoxy) is 2. The molecule has 128 valence electrons. The number of aromatic nitrogens is 4. The van der Waals surface area contributed by atoms with E-state index in [1.165, 1.54) is 11.0 Å². The summed E-state index contributed by atoms with van der Waals surface area (Å²) < 4.78 is 12.4. The molecule has 1 aromatic heterocycles. The van der Waals surface area contributed by atoms with Crippen LogP contribution in [0.3, 0.4) is 0 Å². The molecule has 3 rings (SSSR count). The fraction of sp³-hybridized carbons (Fsp3) is 0.176. The number of hydrogen-bond acceptors (Lipinski definition) is 6. The van der Waals surface area contributed by atoms with Gasteiger partial charge in [-0.3, -0.25) is 0 Å². The lowest BCUT2D eigenvalue weighted by Crippen LogP contribution is -2.21. The molecular formula is C17H17N5O3. The average Bonchev–Trinajstić information content (AvgIpc) is 3.13. The molecule has 1 unspecified atom stereocenters. The lowest BCUT2D eigenvalue weighted by atomic mass is 10.1. The Bertz CT molecular complexity index is 791. The van der Waals surface area contributed by atoms with E-state index in [1.54, 1.807) is 0 Å². The van der Waals surface area contributed by atoms with Crippen molar-refractivity contribution in [2.24, 2.45) is 5.73 Å². The van der Waals surface area contributed by atoms with Crippen LogP contribution in [0.5, 0.6) is 5.75 Å². The Morgan fingerprint density at radius 3 is 2.52 bits per heavy atom. The first-order chi connectivity index (χ1) is 12.2. The van der Waals surface area contributed by atoms with Gasteiger partial charge in [0.2, 0.25) is 0 Å². The van der Waals surface area contributed by atoms with Gasteiger partial charge >= 0.3 is 6.09 Å². The van der Waals surface area contributed by atoms with Crippen LogP contribution in [-0.4, -0.2) is 26.3 Å². The van der Waals surface area contributed by atoms with Gasteiger partial charge in [-0.25, -0.2) is 9.48 Å². The summed E-state index contributed by atoms with van der Waals surface area (Å²) in [5.74, 6) is 0.716. The third-order valence-electron chi connectivity index (χ3n) is 3.50. The number of tetrazole rings is 1. The molecule has 0 aliphatic carbocycles. The Morgan fingerprint density at radius 2 is 1.88 bits per heavy atom. The van der Waals surface area contributed by atoms with E-state index < -0.39 is 12.2 Å². The van der Waals surface area contributed by atoms with Crippen molar-refractivity contribution in [1.29, 1.82) is 0 Å². The summed E-state index contributed by atoms with van der Waals surface area (Å²) in [6.07, 6.45) is -0.0130. The monoisotopic (exact) mass is 339 g/mol. The third kappa shape index (κ3) is 4.77. The van der Waals surface area contributed by atoms with E-state index >= 15 is 0 Å². The summed E-state index contributed by atoms with van der Waals surface area (Å²) in [7, 11) is 0. The van der Waals surface area contributed by atoms with Crippen LogP contribution in [-0.2, 0) is 17.9 Å². The van der Waals surface area contributed by atoms with E-state index in [1.807, 2.05) is 54.6 Å². The Kier molecular flexibility index (Phi) is 5.20. The lowest BCUT2D eigenvalue weighted by molar-refractivity contribution is 0.0929. The summed E-state index contributed by atoms with van der Waals surface area (Å²) >= 11 is 0. The predicted molar refractivity (Wildman–Crippen MR) is 88.4 cm³/mol. The second-order valence-electron chi connectivity index (χ2n) is 5.30. The maximum atomic E-state index is 11.2. The minimum atomic E-state index is -0.859. The van der Waals surface area contributed by atoms with Crippen molar-refractivity contribution >= 4 is 6.09 Å². The first-order valence-electron chi connectivity index (χ1n) is 7.64. The molecule has 1 amide bonds. The van der Waals surface area contributed by atoms with Crippen LogP contribution in [0, 0.1) is 0 Å². The van der Waals surface area contributed by atoms with E-state index in [2.05, 4.69) is 15.5 Å². The van der Waals surface area contributed by atoms with Crippen molar-refractivity contribution in [1.82, 2.24) is 20.2 Å². The Hall–Kier alpha value is -3.42. The Morgan fingerprint density at radius 1 is 1.12 bits per heavy atom. The zero-order valence-corrected chi connectivity index (χ0v) is 13.4. The quantitative estimate of drug-likeness (QED) is 0.706. The van der Waals surface area contributed by atoms with Crippen LogP contribution < -0.4 is 10.5 Å². The minimum Gasteiger partial charge on any atom is -0.489 e. The molecule has 1 heterocycles. The predicted octanol–water partition coefficient (Wildman–Crippen LogP) is 2.09. The first-order valence-corrected chi connectivity index (χ1v) is 7.64. The molecule has 0 fully saturated rings. The normalized spacial score (nSPS) is 11.7. The number of hydrogen-bond donors (Lipinski definition) is 1. The molecule has 0 aliphatic heterocycles. The zero-order valence-electron chi connectivity index (χ0n) is 13.4. The lowest BCUT2D eigenvalue weighted by Gasteiger charge is -2.17. The fourth-order valence-electron chi connectivity index (χ4n) is 2.30. The molecule has 0 spiro atoms. The highest BCUT2D eigenvalue weighted by atomic mass is 16.6. The van der Waals surface area contributed by atoms with Gasteiger partial charge in [-0.1, -0.05) is 42.5 Å². The van der Waals surface area contributed by atoms with Gasteiger partial charge in [-0.05, 0) is 33.7 Å². The van der Waals surface area contributed by atoms with Gasteiger partial charge in [-0.2, -0.15) is 0 Å². The van der Waals surface area contributed by atoms with E-state index in [-0.39, 0.29) is 6.54 Å². The number of benzene rings is 2. The first kappa shape index (κ1) is 16.4. The van der Waals surface area contributed by atoms with Crippen molar-refractivity contribution in [3.63, 3.8) is 0 Å². The summed E-state index contributed by atoms with van der Waals surface area (Å²) in [5, 5.41) is 10.9. The smallest absolute Gasteiger partial charge is 0.405 e. The number of nitrogens with zero attached hydrogens (tertiary/aromatic N) is 4.